The van der Waals surface area contributed by atoms with Gasteiger partial charge in [0.05, 0.1) is 6.10 Å². The summed E-state index contributed by atoms with van der Waals surface area (Å²) in [5, 5.41) is 10.3. The molecule has 0 aliphatic carbocycles. The lowest BCUT2D eigenvalue weighted by atomic mass is 9.69. The highest BCUT2D eigenvalue weighted by Gasteiger charge is 2.31. The number of thioether (sulfide) groups is 1. The number of aromatic nitrogens is 1. The maximum atomic E-state index is 11.6. The minimum Gasteiger partial charge on any atom is -0.392 e. The molecule has 0 saturated carbocycles. The number of carbonyl (C=O) groups excluding carboxylic acids is 1. The van der Waals surface area contributed by atoms with Crippen molar-refractivity contribution in [3.8, 4) is 11.1 Å². The maximum absolute atomic E-state index is 11.6. The Labute approximate surface area is 232 Å². The molecule has 1 aliphatic rings. The Bertz CT molecular complexity index is 1310. The lowest BCUT2D eigenvalue weighted by Crippen LogP contribution is -2.26. The van der Waals surface area contributed by atoms with E-state index in [-0.39, 0.29) is 23.2 Å². The van der Waals surface area contributed by atoms with Gasteiger partial charge in [-0.25, -0.2) is 0 Å². The van der Waals surface area contributed by atoms with Gasteiger partial charge >= 0.3 is 0 Å². The number of carbonyl (C=O) groups is 1. The molecule has 1 N–H and O–H groups in total. The van der Waals surface area contributed by atoms with E-state index in [2.05, 4.69) is 87.3 Å². The number of benzene rings is 2. The topological polar surface area (TPSA) is 50.2 Å². The van der Waals surface area contributed by atoms with Crippen LogP contribution in [0.3, 0.4) is 0 Å². The molecular formula is C34H41NO2S. The first-order valence-corrected chi connectivity index (χ1v) is 15.0. The minimum absolute atomic E-state index is 0.0682. The third kappa shape index (κ3) is 6.13. The van der Waals surface area contributed by atoms with Gasteiger partial charge < -0.3 is 5.11 Å². The smallest absolute Gasteiger partial charge is 0.134 e. The molecule has 38 heavy (non-hydrogen) atoms. The molecule has 3 aromatic rings. The van der Waals surface area contributed by atoms with Gasteiger partial charge in [0.25, 0.3) is 0 Å². The molecular weight excluding hydrogens is 486 g/mol. The molecule has 0 radical (unpaired) electrons. The number of aliphatic hydroxyl groups excluding tert-OH is 1. The van der Waals surface area contributed by atoms with E-state index in [4.69, 9.17) is 0 Å². The highest BCUT2D eigenvalue weighted by atomic mass is 32.2. The molecule has 0 spiro atoms. The quantitative estimate of drug-likeness (QED) is 0.309. The summed E-state index contributed by atoms with van der Waals surface area (Å²) in [6.45, 7) is 10.6. The van der Waals surface area contributed by atoms with Crippen molar-refractivity contribution in [3.63, 3.8) is 0 Å². The zero-order valence-electron chi connectivity index (χ0n) is 23.5. The zero-order valence-corrected chi connectivity index (χ0v) is 24.3. The van der Waals surface area contributed by atoms with Crippen molar-refractivity contribution in [2.75, 3.05) is 11.5 Å². The third-order valence-corrected chi connectivity index (χ3v) is 9.40. The van der Waals surface area contributed by atoms with Crippen molar-refractivity contribution in [1.82, 2.24) is 4.98 Å². The monoisotopic (exact) mass is 527 g/mol. The summed E-state index contributed by atoms with van der Waals surface area (Å²) in [7, 11) is 0. The first kappa shape index (κ1) is 28.3. The Morgan fingerprint density at radius 1 is 1.05 bits per heavy atom. The second kappa shape index (κ2) is 12.4. The summed E-state index contributed by atoms with van der Waals surface area (Å²) in [6, 6.07) is 15.8. The second-order valence-corrected chi connectivity index (χ2v) is 12.0. The molecule has 1 aliphatic heterocycles. The molecule has 4 rings (SSSR count). The fraction of sp³-hybridized carbons (Fsp3) is 0.412. The Balaban J connectivity index is 1.64. The maximum Gasteiger partial charge on any atom is 0.134 e. The molecule has 3 nitrogen and oxygen atoms in total. The number of hydrogen-bond donors (Lipinski definition) is 1. The molecule has 4 heteroatoms. The zero-order chi connectivity index (χ0) is 27.3. The predicted molar refractivity (Wildman–Crippen MR) is 162 cm³/mol. The Morgan fingerprint density at radius 2 is 1.76 bits per heavy atom. The van der Waals surface area contributed by atoms with E-state index in [1.54, 1.807) is 13.1 Å². The van der Waals surface area contributed by atoms with Crippen molar-refractivity contribution in [2.45, 2.75) is 71.8 Å². The Morgan fingerprint density at radius 3 is 2.39 bits per heavy atom. The number of ketones is 1. The van der Waals surface area contributed by atoms with Crippen LogP contribution >= 0.6 is 11.8 Å². The van der Waals surface area contributed by atoms with Gasteiger partial charge in [-0.2, -0.15) is 11.8 Å². The van der Waals surface area contributed by atoms with E-state index in [0.717, 1.165) is 47.5 Å². The number of nitrogens with zero attached hydrogens (tertiary/aromatic N) is 1. The molecule has 1 saturated heterocycles. The number of hydrogen-bond acceptors (Lipinski definition) is 4. The molecule has 1 fully saturated rings. The third-order valence-electron chi connectivity index (χ3n) is 8.25. The van der Waals surface area contributed by atoms with Crippen LogP contribution in [0.4, 0.5) is 0 Å². The highest BCUT2D eigenvalue weighted by Crippen LogP contribution is 2.41. The van der Waals surface area contributed by atoms with Crippen molar-refractivity contribution >= 4 is 23.6 Å². The van der Waals surface area contributed by atoms with Crippen molar-refractivity contribution in [1.29, 1.82) is 0 Å². The van der Waals surface area contributed by atoms with E-state index in [1.807, 2.05) is 18.0 Å². The SMILES string of the molecule is CCC(CC)(c1ccc(C=CC2CSCCC2O)c(C)c1)c1ccc(-c2cncc(CC(C)=O)c2)c(C)c1. The lowest BCUT2D eigenvalue weighted by molar-refractivity contribution is -0.116. The molecule has 0 amide bonds. The number of aryl methyl sites for hydroxylation is 2. The largest absolute Gasteiger partial charge is 0.392 e. The average molecular weight is 528 g/mol. The summed E-state index contributed by atoms with van der Waals surface area (Å²) in [4.78, 5) is 16.0. The number of rotatable bonds is 9. The number of Topliss-reactive ketones (excluding diaryl/α,β-unsaturated/α-hetero) is 1. The van der Waals surface area contributed by atoms with Crippen LogP contribution in [0.5, 0.6) is 0 Å². The van der Waals surface area contributed by atoms with Crippen LogP contribution in [0.25, 0.3) is 17.2 Å². The van der Waals surface area contributed by atoms with Crippen molar-refractivity contribution < 1.29 is 9.90 Å². The van der Waals surface area contributed by atoms with Gasteiger partial charge in [0, 0.05) is 41.5 Å². The van der Waals surface area contributed by atoms with Crippen LogP contribution in [-0.2, 0) is 16.6 Å². The van der Waals surface area contributed by atoms with Crippen LogP contribution < -0.4 is 0 Å². The van der Waals surface area contributed by atoms with Gasteiger partial charge in [0.1, 0.15) is 5.78 Å². The van der Waals surface area contributed by atoms with Crippen LogP contribution in [0.2, 0.25) is 0 Å². The summed E-state index contributed by atoms with van der Waals surface area (Å²) < 4.78 is 0. The van der Waals surface area contributed by atoms with E-state index in [9.17, 15) is 9.90 Å². The Kier molecular flexibility index (Phi) is 9.27. The normalized spacial score (nSPS) is 18.2. The van der Waals surface area contributed by atoms with Crippen LogP contribution in [0.1, 0.15) is 73.4 Å². The lowest BCUT2D eigenvalue weighted by Gasteiger charge is -2.34. The van der Waals surface area contributed by atoms with Gasteiger partial charge in [-0.1, -0.05) is 62.4 Å². The van der Waals surface area contributed by atoms with Gasteiger partial charge in [-0.05, 0) is 90.8 Å². The van der Waals surface area contributed by atoms with Gasteiger partial charge in [-0.15, -0.1) is 0 Å². The molecule has 2 heterocycles. The van der Waals surface area contributed by atoms with E-state index < -0.39 is 0 Å². The second-order valence-electron chi connectivity index (χ2n) is 10.8. The predicted octanol–water partition coefficient (Wildman–Crippen LogP) is 7.73. The van der Waals surface area contributed by atoms with E-state index >= 15 is 0 Å². The van der Waals surface area contributed by atoms with E-state index in [0.29, 0.717) is 6.42 Å². The number of pyridine rings is 1. The fourth-order valence-corrected chi connectivity index (χ4v) is 7.04. The molecule has 2 atom stereocenters. The fourth-order valence-electron chi connectivity index (χ4n) is 5.86. The molecule has 200 valence electrons. The molecule has 2 aromatic carbocycles. The highest BCUT2D eigenvalue weighted by molar-refractivity contribution is 7.99. The number of aliphatic hydroxyl groups is 1. The Hall–Kier alpha value is -2.69. The van der Waals surface area contributed by atoms with Gasteiger partial charge in [0.2, 0.25) is 0 Å². The standard InChI is InChI=1S/C34H41NO2S/c1-6-34(7-2,30-11-10-27(23(3)16-30)8-9-28-22-38-15-14-33(28)37)31-12-13-32(24(4)17-31)29-19-26(18-25(5)36)20-35-21-29/h8-13,16-17,19-21,28,33,37H,6-7,14-15,18,22H2,1-5H3. The van der Waals surface area contributed by atoms with Crippen LogP contribution in [0, 0.1) is 19.8 Å². The average Bonchev–Trinajstić information content (AvgIpc) is 2.90. The first-order chi connectivity index (χ1) is 18.3. The first-order valence-electron chi connectivity index (χ1n) is 13.9. The van der Waals surface area contributed by atoms with Crippen molar-refractivity contribution in [3.05, 3.63) is 94.3 Å². The molecule has 1 aromatic heterocycles. The van der Waals surface area contributed by atoms with Crippen LogP contribution in [-0.4, -0.2) is 33.5 Å². The van der Waals surface area contributed by atoms with Gasteiger partial charge in [0.15, 0.2) is 0 Å². The van der Waals surface area contributed by atoms with Gasteiger partial charge in [-0.3, -0.25) is 9.78 Å². The van der Waals surface area contributed by atoms with Crippen molar-refractivity contribution in [2.24, 2.45) is 5.92 Å². The summed E-state index contributed by atoms with van der Waals surface area (Å²) in [5.74, 6) is 2.43. The minimum atomic E-state index is -0.224. The van der Waals surface area contributed by atoms with E-state index in [1.165, 1.54) is 27.8 Å². The summed E-state index contributed by atoms with van der Waals surface area (Å²) in [6.07, 6.45) is 11.2. The summed E-state index contributed by atoms with van der Waals surface area (Å²) >= 11 is 1.93. The molecule has 0 bridgehead atoms. The summed E-state index contributed by atoms with van der Waals surface area (Å²) in [5.41, 5.74) is 9.50. The molecule has 2 unspecified atom stereocenters. The van der Waals surface area contributed by atoms with Crippen LogP contribution in [0.15, 0.2) is 60.9 Å².